The lowest BCUT2D eigenvalue weighted by Crippen LogP contribution is -2.24. The van der Waals surface area contributed by atoms with Gasteiger partial charge in [-0.1, -0.05) is 0 Å². The predicted molar refractivity (Wildman–Crippen MR) is 76.1 cm³/mol. The van der Waals surface area contributed by atoms with Gasteiger partial charge in [0.1, 0.15) is 0 Å². The fraction of sp³-hybridized carbons (Fsp3) is 0.385. The Kier molecular flexibility index (Phi) is 4.89. The van der Waals surface area contributed by atoms with Crippen molar-refractivity contribution in [2.75, 3.05) is 6.61 Å². The largest absolute Gasteiger partial charge is 0.419 e. The highest BCUT2D eigenvalue weighted by atomic mass is 16.6. The van der Waals surface area contributed by atoms with E-state index in [0.717, 1.165) is 0 Å². The standard InChI is InChI=1S/C13H15N3O6/c1-2-21-14-12(17)4-3-7-15-10-6-5-9(16(19)20)8-11(10)22-13(15)18/h5-6,8H,2-4,7H2,1H3,(H,14,17). The topological polar surface area (TPSA) is 117 Å². The normalized spacial score (nSPS) is 10.8. The zero-order valence-electron chi connectivity index (χ0n) is 11.9. The van der Waals surface area contributed by atoms with E-state index in [9.17, 15) is 19.7 Å². The number of hydroxylamine groups is 1. The number of amides is 1. The molecule has 1 aromatic carbocycles. The molecular weight excluding hydrogens is 294 g/mol. The maximum atomic E-state index is 11.8. The monoisotopic (exact) mass is 309 g/mol. The second-order valence-electron chi connectivity index (χ2n) is 4.49. The van der Waals surface area contributed by atoms with Gasteiger partial charge in [-0.15, -0.1) is 0 Å². The smallest absolute Gasteiger partial charge is 0.407 e. The molecule has 2 rings (SSSR count). The van der Waals surface area contributed by atoms with Crippen LogP contribution in [0.2, 0.25) is 0 Å². The van der Waals surface area contributed by atoms with Gasteiger partial charge in [0.15, 0.2) is 5.58 Å². The Morgan fingerprint density at radius 3 is 2.95 bits per heavy atom. The van der Waals surface area contributed by atoms with Crippen LogP contribution in [-0.2, 0) is 16.2 Å². The second kappa shape index (κ2) is 6.85. The highest BCUT2D eigenvalue weighted by Crippen LogP contribution is 2.20. The Morgan fingerprint density at radius 1 is 1.50 bits per heavy atom. The van der Waals surface area contributed by atoms with Crippen molar-refractivity contribution in [3.8, 4) is 0 Å². The third-order valence-corrected chi connectivity index (χ3v) is 2.98. The molecule has 1 amide bonds. The van der Waals surface area contributed by atoms with Crippen molar-refractivity contribution in [3.63, 3.8) is 0 Å². The highest BCUT2D eigenvalue weighted by Gasteiger charge is 2.14. The summed E-state index contributed by atoms with van der Waals surface area (Å²) < 4.78 is 6.33. The molecule has 22 heavy (non-hydrogen) atoms. The van der Waals surface area contributed by atoms with Gasteiger partial charge in [0.2, 0.25) is 5.91 Å². The molecule has 1 N–H and O–H groups in total. The number of oxazole rings is 1. The van der Waals surface area contributed by atoms with Crippen LogP contribution >= 0.6 is 0 Å². The van der Waals surface area contributed by atoms with Gasteiger partial charge in [-0.2, -0.15) is 0 Å². The summed E-state index contributed by atoms with van der Waals surface area (Å²) in [5.41, 5.74) is 2.72. The number of rotatable bonds is 7. The number of carbonyl (C=O) groups excluding carboxylic acids is 1. The van der Waals surface area contributed by atoms with E-state index in [-0.39, 0.29) is 30.1 Å². The van der Waals surface area contributed by atoms with Gasteiger partial charge >= 0.3 is 5.76 Å². The van der Waals surface area contributed by atoms with E-state index in [1.807, 2.05) is 0 Å². The number of carbonyl (C=O) groups is 1. The van der Waals surface area contributed by atoms with Crippen molar-refractivity contribution in [2.45, 2.75) is 26.3 Å². The fourth-order valence-electron chi connectivity index (χ4n) is 1.98. The first-order chi connectivity index (χ1) is 10.5. The number of benzene rings is 1. The molecule has 0 saturated heterocycles. The minimum absolute atomic E-state index is 0.149. The Balaban J connectivity index is 2.08. The third kappa shape index (κ3) is 3.50. The number of non-ortho nitro benzene ring substituents is 1. The van der Waals surface area contributed by atoms with E-state index in [4.69, 9.17) is 9.25 Å². The first-order valence-electron chi connectivity index (χ1n) is 6.71. The molecule has 0 atom stereocenters. The van der Waals surface area contributed by atoms with Gasteiger partial charge in [0.05, 0.1) is 23.1 Å². The Bertz CT molecular complexity index is 748. The molecule has 0 spiro atoms. The van der Waals surface area contributed by atoms with Gasteiger partial charge in [-0.3, -0.25) is 24.3 Å². The zero-order chi connectivity index (χ0) is 16.1. The Hall–Kier alpha value is -2.68. The van der Waals surface area contributed by atoms with E-state index in [0.29, 0.717) is 18.5 Å². The molecule has 9 nitrogen and oxygen atoms in total. The molecule has 0 aliphatic carbocycles. The summed E-state index contributed by atoms with van der Waals surface area (Å²) in [7, 11) is 0. The number of nitrogens with zero attached hydrogens (tertiary/aromatic N) is 2. The van der Waals surface area contributed by atoms with Crippen LogP contribution in [0.4, 0.5) is 5.69 Å². The molecule has 0 bridgehead atoms. The minimum Gasteiger partial charge on any atom is -0.407 e. The van der Waals surface area contributed by atoms with Crippen LogP contribution in [0, 0.1) is 10.1 Å². The first-order valence-corrected chi connectivity index (χ1v) is 6.71. The lowest BCUT2D eigenvalue weighted by Gasteiger charge is -2.04. The summed E-state index contributed by atoms with van der Waals surface area (Å²) in [6.07, 6.45) is 0.594. The molecule has 0 radical (unpaired) electrons. The molecule has 118 valence electrons. The van der Waals surface area contributed by atoms with Crippen molar-refractivity contribution < 1.29 is 19.0 Å². The quantitative estimate of drug-likeness (QED) is 0.609. The Labute approximate surface area is 124 Å². The fourth-order valence-corrected chi connectivity index (χ4v) is 1.98. The minimum atomic E-state index is -0.610. The van der Waals surface area contributed by atoms with Crippen molar-refractivity contribution in [3.05, 3.63) is 38.9 Å². The molecule has 0 aliphatic rings. The van der Waals surface area contributed by atoms with Crippen LogP contribution in [0.3, 0.4) is 0 Å². The van der Waals surface area contributed by atoms with E-state index >= 15 is 0 Å². The molecule has 0 unspecified atom stereocenters. The van der Waals surface area contributed by atoms with Crippen LogP contribution < -0.4 is 11.2 Å². The summed E-state index contributed by atoms with van der Waals surface area (Å²) in [5, 5.41) is 10.7. The van der Waals surface area contributed by atoms with Gasteiger partial charge < -0.3 is 4.42 Å². The van der Waals surface area contributed by atoms with Crippen molar-refractivity contribution in [1.29, 1.82) is 0 Å². The molecule has 1 heterocycles. The van der Waals surface area contributed by atoms with Gasteiger partial charge in [0, 0.05) is 19.0 Å². The summed E-state index contributed by atoms with van der Waals surface area (Å²) >= 11 is 0. The van der Waals surface area contributed by atoms with E-state index in [2.05, 4.69) is 5.48 Å². The molecule has 0 saturated carbocycles. The van der Waals surface area contributed by atoms with Gasteiger partial charge in [-0.25, -0.2) is 10.3 Å². The summed E-state index contributed by atoms with van der Waals surface area (Å²) in [5.74, 6) is -0.890. The molecule has 9 heteroatoms. The van der Waals surface area contributed by atoms with E-state index in [1.165, 1.54) is 22.8 Å². The number of fused-ring (bicyclic) bond motifs is 1. The van der Waals surface area contributed by atoms with Crippen LogP contribution in [0.5, 0.6) is 0 Å². The number of hydrogen-bond donors (Lipinski definition) is 1. The van der Waals surface area contributed by atoms with Crippen LogP contribution in [-0.4, -0.2) is 22.0 Å². The summed E-state index contributed by atoms with van der Waals surface area (Å²) in [6, 6.07) is 3.96. The molecule has 1 aromatic heterocycles. The maximum Gasteiger partial charge on any atom is 0.419 e. The molecular formula is C13H15N3O6. The van der Waals surface area contributed by atoms with E-state index in [1.54, 1.807) is 6.92 Å². The number of aromatic nitrogens is 1. The van der Waals surface area contributed by atoms with Crippen molar-refractivity contribution >= 4 is 22.7 Å². The average Bonchev–Trinajstić information content (AvgIpc) is 2.80. The maximum absolute atomic E-state index is 11.8. The van der Waals surface area contributed by atoms with Gasteiger partial charge in [-0.05, 0) is 19.4 Å². The average molecular weight is 309 g/mol. The van der Waals surface area contributed by atoms with Crippen LogP contribution in [0.1, 0.15) is 19.8 Å². The van der Waals surface area contributed by atoms with Gasteiger partial charge in [0.25, 0.3) is 5.69 Å². The van der Waals surface area contributed by atoms with Crippen molar-refractivity contribution in [2.24, 2.45) is 0 Å². The third-order valence-electron chi connectivity index (χ3n) is 2.98. The SMILES string of the molecule is CCONC(=O)CCCn1c(=O)oc2cc([N+](=O)[O-])ccc21. The van der Waals surface area contributed by atoms with Crippen LogP contribution in [0.25, 0.3) is 11.1 Å². The number of nitro groups is 1. The first kappa shape index (κ1) is 15.7. The molecule has 2 aromatic rings. The summed E-state index contributed by atoms with van der Waals surface area (Å²) in [4.78, 5) is 38.0. The molecule has 0 fully saturated rings. The number of aryl methyl sites for hydroxylation is 1. The Morgan fingerprint density at radius 2 is 2.27 bits per heavy atom. The van der Waals surface area contributed by atoms with Crippen molar-refractivity contribution in [1.82, 2.24) is 10.0 Å². The molecule has 0 aliphatic heterocycles. The summed E-state index contributed by atoms with van der Waals surface area (Å²) in [6.45, 7) is 2.39. The predicted octanol–water partition coefficient (Wildman–Crippen LogP) is 1.35. The number of nitrogens with one attached hydrogen (secondary N) is 1. The van der Waals surface area contributed by atoms with Crippen LogP contribution in [0.15, 0.2) is 27.4 Å². The zero-order valence-corrected chi connectivity index (χ0v) is 11.9. The number of hydrogen-bond acceptors (Lipinski definition) is 6. The lowest BCUT2D eigenvalue weighted by atomic mass is 10.2. The number of nitro benzene ring substituents is 1. The highest BCUT2D eigenvalue weighted by molar-refractivity contribution is 5.76. The second-order valence-corrected chi connectivity index (χ2v) is 4.49. The van der Waals surface area contributed by atoms with E-state index < -0.39 is 10.7 Å². The lowest BCUT2D eigenvalue weighted by molar-refractivity contribution is -0.384.